The third-order valence-corrected chi connectivity index (χ3v) is 4.85. The standard InChI is InChI=1S/C12H16N4O4S/c1-3-15(8-9(2)7-13)21(19,20)11-6-4-5-10(14)12(11)16(17)18/h4-6,9H,3,8,14H2,1-2H3. The van der Waals surface area contributed by atoms with Crippen molar-refractivity contribution < 1.29 is 13.3 Å². The fourth-order valence-corrected chi connectivity index (χ4v) is 3.55. The summed E-state index contributed by atoms with van der Waals surface area (Å²) in [7, 11) is -4.09. The van der Waals surface area contributed by atoms with E-state index < -0.39 is 31.4 Å². The maximum atomic E-state index is 12.5. The summed E-state index contributed by atoms with van der Waals surface area (Å²) in [6.45, 7) is 3.23. The molecule has 21 heavy (non-hydrogen) atoms. The molecular weight excluding hydrogens is 296 g/mol. The predicted octanol–water partition coefficient (Wildman–Crippen LogP) is 1.35. The van der Waals surface area contributed by atoms with Gasteiger partial charge in [-0.2, -0.15) is 9.57 Å². The minimum atomic E-state index is -4.09. The molecule has 0 saturated heterocycles. The molecule has 0 fully saturated rings. The lowest BCUT2D eigenvalue weighted by atomic mass is 10.2. The van der Waals surface area contributed by atoms with Gasteiger partial charge in [0.25, 0.3) is 0 Å². The van der Waals surface area contributed by atoms with E-state index in [4.69, 9.17) is 11.0 Å². The maximum Gasteiger partial charge on any atom is 0.312 e. The van der Waals surface area contributed by atoms with Crippen molar-refractivity contribution in [3.05, 3.63) is 28.3 Å². The van der Waals surface area contributed by atoms with Crippen LogP contribution in [0.25, 0.3) is 0 Å². The van der Waals surface area contributed by atoms with Crippen LogP contribution in [0.1, 0.15) is 13.8 Å². The van der Waals surface area contributed by atoms with E-state index in [-0.39, 0.29) is 18.8 Å². The van der Waals surface area contributed by atoms with Gasteiger partial charge in [0.05, 0.1) is 16.9 Å². The van der Waals surface area contributed by atoms with Crippen LogP contribution in [0.4, 0.5) is 11.4 Å². The fraction of sp³-hybridized carbons (Fsp3) is 0.417. The van der Waals surface area contributed by atoms with Crippen molar-refractivity contribution >= 4 is 21.4 Å². The molecule has 9 heteroatoms. The van der Waals surface area contributed by atoms with E-state index in [9.17, 15) is 18.5 Å². The normalized spacial score (nSPS) is 12.9. The minimum absolute atomic E-state index is 0.0404. The third kappa shape index (κ3) is 3.48. The summed E-state index contributed by atoms with van der Waals surface area (Å²) in [5.41, 5.74) is 4.66. The zero-order valence-corrected chi connectivity index (χ0v) is 12.5. The van der Waals surface area contributed by atoms with Gasteiger partial charge >= 0.3 is 5.69 Å². The number of hydrogen-bond donors (Lipinski definition) is 1. The topological polar surface area (TPSA) is 130 Å². The number of nitrogens with two attached hydrogens (primary N) is 1. The van der Waals surface area contributed by atoms with Gasteiger partial charge < -0.3 is 5.73 Å². The Labute approximate surface area is 123 Å². The van der Waals surface area contributed by atoms with Gasteiger partial charge in [0.1, 0.15) is 5.69 Å². The monoisotopic (exact) mass is 312 g/mol. The van der Waals surface area contributed by atoms with Gasteiger partial charge in [0.15, 0.2) is 4.90 Å². The van der Waals surface area contributed by atoms with Crippen LogP contribution in [0, 0.1) is 27.4 Å². The first-order valence-electron chi connectivity index (χ1n) is 6.18. The zero-order valence-electron chi connectivity index (χ0n) is 11.7. The van der Waals surface area contributed by atoms with E-state index >= 15 is 0 Å². The van der Waals surface area contributed by atoms with Gasteiger partial charge in [-0.3, -0.25) is 10.1 Å². The molecule has 2 N–H and O–H groups in total. The highest BCUT2D eigenvalue weighted by Crippen LogP contribution is 2.31. The molecular formula is C12H16N4O4S. The lowest BCUT2D eigenvalue weighted by Crippen LogP contribution is -2.34. The number of hydrogen-bond acceptors (Lipinski definition) is 6. The largest absolute Gasteiger partial charge is 0.393 e. The number of nitro benzene ring substituents is 1. The van der Waals surface area contributed by atoms with Crippen molar-refractivity contribution in [1.82, 2.24) is 4.31 Å². The second-order valence-corrected chi connectivity index (χ2v) is 6.34. The first kappa shape index (κ1) is 16.9. The van der Waals surface area contributed by atoms with E-state index in [1.165, 1.54) is 12.1 Å². The number of nitro groups is 1. The molecule has 1 aromatic carbocycles. The molecule has 0 aliphatic carbocycles. The van der Waals surface area contributed by atoms with Crippen molar-refractivity contribution in [3.8, 4) is 6.07 Å². The van der Waals surface area contributed by atoms with Gasteiger partial charge in [0.2, 0.25) is 10.0 Å². The van der Waals surface area contributed by atoms with Crippen LogP contribution in [0.15, 0.2) is 23.1 Å². The molecule has 0 spiro atoms. The number of nitrogen functional groups attached to an aromatic ring is 1. The second kappa shape index (κ2) is 6.51. The summed E-state index contributed by atoms with van der Waals surface area (Å²) in [6.07, 6.45) is 0. The van der Waals surface area contributed by atoms with Gasteiger partial charge in [-0.15, -0.1) is 0 Å². The van der Waals surface area contributed by atoms with Crippen molar-refractivity contribution in [2.24, 2.45) is 5.92 Å². The van der Waals surface area contributed by atoms with Crippen LogP contribution in [0.2, 0.25) is 0 Å². The summed E-state index contributed by atoms with van der Waals surface area (Å²) in [5.74, 6) is -0.528. The lowest BCUT2D eigenvalue weighted by Gasteiger charge is -2.21. The molecule has 0 aliphatic heterocycles. The molecule has 0 bridgehead atoms. The first-order valence-corrected chi connectivity index (χ1v) is 7.62. The highest BCUT2D eigenvalue weighted by molar-refractivity contribution is 7.89. The van der Waals surface area contributed by atoms with Crippen LogP contribution in [-0.4, -0.2) is 30.7 Å². The first-order chi connectivity index (χ1) is 9.75. The average molecular weight is 312 g/mol. The quantitative estimate of drug-likeness (QED) is 0.479. The Bertz CT molecular complexity index is 681. The molecule has 1 rings (SSSR count). The van der Waals surface area contributed by atoms with Crippen LogP contribution >= 0.6 is 0 Å². The molecule has 8 nitrogen and oxygen atoms in total. The van der Waals surface area contributed by atoms with Gasteiger partial charge in [-0.05, 0) is 19.1 Å². The van der Waals surface area contributed by atoms with Crippen LogP contribution < -0.4 is 5.73 Å². The van der Waals surface area contributed by atoms with E-state index in [2.05, 4.69) is 0 Å². The Balaban J connectivity index is 3.40. The van der Waals surface area contributed by atoms with Crippen molar-refractivity contribution in [1.29, 1.82) is 5.26 Å². The average Bonchev–Trinajstić information content (AvgIpc) is 2.43. The van der Waals surface area contributed by atoms with Crippen molar-refractivity contribution in [3.63, 3.8) is 0 Å². The van der Waals surface area contributed by atoms with E-state index in [1.54, 1.807) is 13.8 Å². The van der Waals surface area contributed by atoms with Gasteiger partial charge in [0, 0.05) is 13.1 Å². The lowest BCUT2D eigenvalue weighted by molar-refractivity contribution is -0.386. The van der Waals surface area contributed by atoms with E-state index in [0.717, 1.165) is 10.4 Å². The number of anilines is 1. The summed E-state index contributed by atoms with van der Waals surface area (Å²) in [4.78, 5) is 9.79. The molecule has 1 unspecified atom stereocenters. The molecule has 0 aromatic heterocycles. The highest BCUT2D eigenvalue weighted by atomic mass is 32.2. The Morgan fingerprint density at radius 3 is 2.62 bits per heavy atom. The predicted molar refractivity (Wildman–Crippen MR) is 76.7 cm³/mol. The van der Waals surface area contributed by atoms with E-state index in [1.807, 2.05) is 6.07 Å². The molecule has 1 atom stereocenters. The summed E-state index contributed by atoms with van der Waals surface area (Å²) in [5, 5.41) is 19.9. The Hall–Kier alpha value is -2.18. The third-order valence-electron chi connectivity index (χ3n) is 2.88. The summed E-state index contributed by atoms with van der Waals surface area (Å²) < 4.78 is 26.1. The molecule has 0 heterocycles. The fourth-order valence-electron chi connectivity index (χ4n) is 1.83. The number of para-hydroxylation sites is 1. The minimum Gasteiger partial charge on any atom is -0.393 e. The Kier molecular flexibility index (Phi) is 5.23. The van der Waals surface area contributed by atoms with Crippen LogP contribution in [0.5, 0.6) is 0 Å². The number of sulfonamides is 1. The molecule has 0 saturated carbocycles. The number of rotatable bonds is 6. The van der Waals surface area contributed by atoms with Gasteiger partial charge in [-0.25, -0.2) is 8.42 Å². The van der Waals surface area contributed by atoms with Crippen molar-refractivity contribution in [2.45, 2.75) is 18.7 Å². The molecule has 114 valence electrons. The second-order valence-electron chi connectivity index (χ2n) is 4.44. The molecule has 1 aromatic rings. The molecule has 0 aliphatic rings. The molecule has 0 radical (unpaired) electrons. The molecule has 0 amide bonds. The Morgan fingerprint density at radius 2 is 2.14 bits per heavy atom. The van der Waals surface area contributed by atoms with Crippen LogP contribution in [-0.2, 0) is 10.0 Å². The number of nitrogens with zero attached hydrogens (tertiary/aromatic N) is 3. The van der Waals surface area contributed by atoms with Crippen molar-refractivity contribution in [2.75, 3.05) is 18.8 Å². The van der Waals surface area contributed by atoms with Crippen LogP contribution in [0.3, 0.4) is 0 Å². The SMILES string of the molecule is CCN(CC(C)C#N)S(=O)(=O)c1cccc(N)c1[N+](=O)[O-]. The Morgan fingerprint density at radius 1 is 1.52 bits per heavy atom. The highest BCUT2D eigenvalue weighted by Gasteiger charge is 2.33. The van der Waals surface area contributed by atoms with Gasteiger partial charge in [-0.1, -0.05) is 13.0 Å². The maximum absolute atomic E-state index is 12.5. The zero-order chi connectivity index (χ0) is 16.2. The number of nitriles is 1. The smallest absolute Gasteiger partial charge is 0.312 e. The van der Waals surface area contributed by atoms with E-state index in [0.29, 0.717) is 0 Å². The number of benzene rings is 1. The summed E-state index contributed by atoms with van der Waals surface area (Å²) in [6, 6.07) is 5.69. The summed E-state index contributed by atoms with van der Waals surface area (Å²) >= 11 is 0.